The van der Waals surface area contributed by atoms with Gasteiger partial charge in [-0.3, -0.25) is 0 Å². The zero-order chi connectivity index (χ0) is 6.95. The van der Waals surface area contributed by atoms with Gasteiger partial charge in [-0.15, -0.1) is 0 Å². The first-order valence-electron chi connectivity index (χ1n) is 3.00. The molecule has 0 spiro atoms. The van der Waals surface area contributed by atoms with E-state index in [2.05, 4.69) is 13.5 Å². The highest BCUT2D eigenvalue weighted by molar-refractivity contribution is 4.99. The zero-order valence-corrected chi connectivity index (χ0v) is 5.71. The Kier molecular flexibility index (Phi) is 6.26. The SMILES string of the molecule is C=COC=CC=CCC. The van der Waals surface area contributed by atoms with Crippen LogP contribution < -0.4 is 0 Å². The first-order chi connectivity index (χ1) is 4.41. The summed E-state index contributed by atoms with van der Waals surface area (Å²) in [4.78, 5) is 0. The third kappa shape index (κ3) is 7.02. The largest absolute Gasteiger partial charge is 0.473 e. The van der Waals surface area contributed by atoms with E-state index in [0.717, 1.165) is 6.42 Å². The molecule has 50 valence electrons. The van der Waals surface area contributed by atoms with Crippen LogP contribution >= 0.6 is 0 Å². The van der Waals surface area contributed by atoms with Gasteiger partial charge in [0.1, 0.15) is 0 Å². The van der Waals surface area contributed by atoms with Crippen molar-refractivity contribution in [2.75, 3.05) is 0 Å². The molecule has 0 aromatic carbocycles. The lowest BCUT2D eigenvalue weighted by molar-refractivity contribution is 0.405. The smallest absolute Gasteiger partial charge is 0.0900 e. The van der Waals surface area contributed by atoms with Gasteiger partial charge in [-0.05, 0) is 12.5 Å². The fourth-order valence-electron chi connectivity index (χ4n) is 0.361. The second-order valence-corrected chi connectivity index (χ2v) is 1.47. The lowest BCUT2D eigenvalue weighted by Crippen LogP contribution is -1.59. The fourth-order valence-corrected chi connectivity index (χ4v) is 0.361. The van der Waals surface area contributed by atoms with E-state index in [1.54, 1.807) is 6.26 Å². The predicted molar refractivity (Wildman–Crippen MR) is 39.9 cm³/mol. The van der Waals surface area contributed by atoms with E-state index < -0.39 is 0 Å². The summed E-state index contributed by atoms with van der Waals surface area (Å²) in [5, 5.41) is 0. The molecule has 0 aliphatic rings. The van der Waals surface area contributed by atoms with Gasteiger partial charge in [0.25, 0.3) is 0 Å². The first kappa shape index (κ1) is 8.02. The van der Waals surface area contributed by atoms with Crippen molar-refractivity contribution in [2.45, 2.75) is 13.3 Å². The van der Waals surface area contributed by atoms with E-state index in [9.17, 15) is 0 Å². The summed E-state index contributed by atoms with van der Waals surface area (Å²) in [5.74, 6) is 0. The van der Waals surface area contributed by atoms with Gasteiger partial charge < -0.3 is 4.74 Å². The fraction of sp³-hybridized carbons (Fsp3) is 0.250. The molecule has 0 unspecified atom stereocenters. The summed E-state index contributed by atoms with van der Waals surface area (Å²) in [6, 6.07) is 0. The molecule has 0 rings (SSSR count). The Morgan fingerprint density at radius 2 is 2.22 bits per heavy atom. The number of hydrogen-bond acceptors (Lipinski definition) is 1. The quantitative estimate of drug-likeness (QED) is 0.413. The van der Waals surface area contributed by atoms with Gasteiger partial charge in [-0.1, -0.05) is 25.7 Å². The average molecular weight is 124 g/mol. The predicted octanol–water partition coefficient (Wildman–Crippen LogP) is 2.63. The Bertz CT molecular complexity index is 112. The standard InChI is InChI=1S/C8H12O/c1-3-5-6-7-8-9-4-2/h4-8H,2-3H2,1H3. The van der Waals surface area contributed by atoms with Gasteiger partial charge in [0.15, 0.2) is 0 Å². The maximum absolute atomic E-state index is 4.71. The van der Waals surface area contributed by atoms with Gasteiger partial charge in [0.2, 0.25) is 0 Å². The molecule has 0 bridgehead atoms. The van der Waals surface area contributed by atoms with E-state index in [1.807, 2.05) is 18.2 Å². The van der Waals surface area contributed by atoms with Crippen molar-refractivity contribution >= 4 is 0 Å². The van der Waals surface area contributed by atoms with Gasteiger partial charge in [0.05, 0.1) is 12.5 Å². The van der Waals surface area contributed by atoms with Crippen LogP contribution in [0, 0.1) is 0 Å². The maximum Gasteiger partial charge on any atom is 0.0900 e. The molecule has 0 radical (unpaired) electrons. The topological polar surface area (TPSA) is 9.23 Å². The number of allylic oxidation sites excluding steroid dienone is 3. The van der Waals surface area contributed by atoms with Crippen LogP contribution in [0.15, 0.2) is 37.3 Å². The molecular weight excluding hydrogens is 112 g/mol. The van der Waals surface area contributed by atoms with Crippen LogP contribution in [-0.2, 0) is 4.74 Å². The minimum atomic E-state index is 1.05. The van der Waals surface area contributed by atoms with Crippen LogP contribution in [0.1, 0.15) is 13.3 Å². The molecule has 0 aliphatic carbocycles. The molecular formula is C8H12O. The molecule has 0 fully saturated rings. The third-order valence-electron chi connectivity index (χ3n) is 0.736. The lowest BCUT2D eigenvalue weighted by Gasteiger charge is -1.82. The molecule has 0 aromatic heterocycles. The molecule has 0 amide bonds. The Morgan fingerprint density at radius 1 is 1.44 bits per heavy atom. The van der Waals surface area contributed by atoms with Crippen molar-refractivity contribution in [3.8, 4) is 0 Å². The Morgan fingerprint density at radius 3 is 2.78 bits per heavy atom. The molecule has 0 aromatic rings. The van der Waals surface area contributed by atoms with Crippen molar-refractivity contribution in [3.63, 3.8) is 0 Å². The molecule has 9 heavy (non-hydrogen) atoms. The molecule has 1 heteroatoms. The van der Waals surface area contributed by atoms with Gasteiger partial charge >= 0.3 is 0 Å². The molecule has 0 heterocycles. The molecule has 0 N–H and O–H groups in total. The molecule has 0 atom stereocenters. The van der Waals surface area contributed by atoms with Crippen molar-refractivity contribution in [1.29, 1.82) is 0 Å². The van der Waals surface area contributed by atoms with Crippen LogP contribution in [-0.4, -0.2) is 0 Å². The van der Waals surface area contributed by atoms with Crippen molar-refractivity contribution in [2.24, 2.45) is 0 Å². The van der Waals surface area contributed by atoms with Crippen molar-refractivity contribution < 1.29 is 4.74 Å². The van der Waals surface area contributed by atoms with Crippen LogP contribution in [0.4, 0.5) is 0 Å². The second kappa shape index (κ2) is 7.02. The minimum Gasteiger partial charge on any atom is -0.473 e. The van der Waals surface area contributed by atoms with E-state index in [4.69, 9.17) is 4.74 Å². The number of ether oxygens (including phenoxy) is 1. The van der Waals surface area contributed by atoms with Crippen LogP contribution in [0.25, 0.3) is 0 Å². The van der Waals surface area contributed by atoms with Gasteiger partial charge in [-0.2, -0.15) is 0 Å². The maximum atomic E-state index is 4.71. The molecule has 0 aliphatic heterocycles. The Hall–Kier alpha value is -0.980. The third-order valence-corrected chi connectivity index (χ3v) is 0.736. The number of rotatable bonds is 4. The molecule has 1 nitrogen and oxygen atoms in total. The second-order valence-electron chi connectivity index (χ2n) is 1.47. The Balaban J connectivity index is 3.23. The average Bonchev–Trinajstić information content (AvgIpc) is 1.89. The minimum absolute atomic E-state index is 1.05. The van der Waals surface area contributed by atoms with Crippen LogP contribution in [0.5, 0.6) is 0 Å². The van der Waals surface area contributed by atoms with Gasteiger partial charge in [-0.25, -0.2) is 0 Å². The van der Waals surface area contributed by atoms with Gasteiger partial charge in [0, 0.05) is 0 Å². The monoisotopic (exact) mass is 124 g/mol. The Labute approximate surface area is 56.3 Å². The summed E-state index contributed by atoms with van der Waals surface area (Å²) in [7, 11) is 0. The summed E-state index contributed by atoms with van der Waals surface area (Å²) in [5.41, 5.74) is 0. The highest BCUT2D eigenvalue weighted by Gasteiger charge is 1.62. The highest BCUT2D eigenvalue weighted by Crippen LogP contribution is 1.82. The first-order valence-corrected chi connectivity index (χ1v) is 3.00. The number of hydrogen-bond donors (Lipinski definition) is 0. The summed E-state index contributed by atoms with van der Waals surface area (Å²) < 4.78 is 4.71. The summed E-state index contributed by atoms with van der Waals surface area (Å²) >= 11 is 0. The van der Waals surface area contributed by atoms with E-state index in [-0.39, 0.29) is 0 Å². The lowest BCUT2D eigenvalue weighted by atomic mass is 10.4. The van der Waals surface area contributed by atoms with E-state index in [1.165, 1.54) is 6.26 Å². The zero-order valence-electron chi connectivity index (χ0n) is 5.71. The van der Waals surface area contributed by atoms with Crippen LogP contribution in [0.3, 0.4) is 0 Å². The summed E-state index contributed by atoms with van der Waals surface area (Å²) in [6.07, 6.45) is 9.82. The molecule has 0 saturated heterocycles. The van der Waals surface area contributed by atoms with E-state index in [0.29, 0.717) is 0 Å². The molecule has 0 saturated carbocycles. The van der Waals surface area contributed by atoms with Crippen molar-refractivity contribution in [1.82, 2.24) is 0 Å². The highest BCUT2D eigenvalue weighted by atomic mass is 16.5. The van der Waals surface area contributed by atoms with Crippen molar-refractivity contribution in [3.05, 3.63) is 37.3 Å². The normalized spacial score (nSPS) is 10.8. The van der Waals surface area contributed by atoms with E-state index >= 15 is 0 Å². The van der Waals surface area contributed by atoms with Crippen LogP contribution in [0.2, 0.25) is 0 Å². The summed E-state index contributed by atoms with van der Waals surface area (Å²) in [6.45, 7) is 5.46.